The Labute approximate surface area is 169 Å². The van der Waals surface area contributed by atoms with Crippen LogP contribution in [-0.2, 0) is 11.8 Å². The predicted octanol–water partition coefficient (Wildman–Crippen LogP) is 4.02. The van der Waals surface area contributed by atoms with Gasteiger partial charge in [-0.2, -0.15) is 0 Å². The van der Waals surface area contributed by atoms with Gasteiger partial charge in [-0.1, -0.05) is 12.1 Å². The van der Waals surface area contributed by atoms with Crippen molar-refractivity contribution in [1.82, 2.24) is 14.9 Å². The van der Waals surface area contributed by atoms with E-state index in [1.807, 2.05) is 36.7 Å². The summed E-state index contributed by atoms with van der Waals surface area (Å²) in [4.78, 5) is 17.5. The zero-order chi connectivity index (χ0) is 20.2. The summed E-state index contributed by atoms with van der Waals surface area (Å²) < 4.78 is 15.5. The molecule has 2 aromatic carbocycles. The van der Waals surface area contributed by atoms with Crippen LogP contribution in [0.4, 0.5) is 10.1 Å². The summed E-state index contributed by atoms with van der Waals surface area (Å²) in [5.41, 5.74) is 4.45. The van der Waals surface area contributed by atoms with Crippen molar-refractivity contribution in [3.05, 3.63) is 47.8 Å². The van der Waals surface area contributed by atoms with E-state index in [4.69, 9.17) is 0 Å². The highest BCUT2D eigenvalue weighted by Crippen LogP contribution is 2.58. The van der Waals surface area contributed by atoms with E-state index in [1.165, 1.54) is 12.1 Å². The fraction of sp³-hybridized carbons (Fsp3) is 0.391. The Morgan fingerprint density at radius 3 is 2.83 bits per heavy atom. The summed E-state index contributed by atoms with van der Waals surface area (Å²) in [7, 11) is 1.92. The number of rotatable bonds is 3. The van der Waals surface area contributed by atoms with Crippen molar-refractivity contribution >= 4 is 22.6 Å². The molecule has 1 unspecified atom stereocenters. The van der Waals surface area contributed by atoms with Crippen molar-refractivity contribution in [2.24, 2.45) is 18.4 Å². The number of aryl methyl sites for hydroxylation is 2. The molecule has 29 heavy (non-hydrogen) atoms. The van der Waals surface area contributed by atoms with Crippen LogP contribution in [0.5, 0.6) is 0 Å². The molecule has 2 fully saturated rings. The number of carbonyl (C=O) groups excluding carboxylic acids is 1. The first kappa shape index (κ1) is 18.3. The zero-order valence-corrected chi connectivity index (χ0v) is 16.8. The summed E-state index contributed by atoms with van der Waals surface area (Å²) in [5.74, 6) is 0.697. The van der Waals surface area contributed by atoms with E-state index < -0.39 is 0 Å². The minimum Gasteiger partial charge on any atom is -0.327 e. The molecule has 1 aliphatic heterocycles. The lowest BCUT2D eigenvalue weighted by Crippen LogP contribution is -2.31. The lowest BCUT2D eigenvalue weighted by atomic mass is 9.91. The molecule has 1 amide bonds. The van der Waals surface area contributed by atoms with Crippen molar-refractivity contribution in [1.29, 1.82) is 0 Å². The van der Waals surface area contributed by atoms with Gasteiger partial charge in [0.15, 0.2) is 0 Å². The SMILES string of the molecule is Cc1ccc(-c2nc3cc(F)ccc3n2C)cc1NC(=O)C1CC12CCNCC2. The Bertz CT molecular complexity index is 1110. The summed E-state index contributed by atoms with van der Waals surface area (Å²) in [6.07, 6.45) is 3.16. The first-order valence-electron chi connectivity index (χ1n) is 10.2. The van der Waals surface area contributed by atoms with E-state index in [0.29, 0.717) is 5.52 Å². The third-order valence-electron chi connectivity index (χ3n) is 6.70. The van der Waals surface area contributed by atoms with Gasteiger partial charge in [-0.05, 0) is 68.5 Å². The standard InChI is InChI=1S/C23H25FN4O/c1-14-3-4-15(21-26-19-12-16(24)5-6-20(19)28(21)2)11-18(14)27-22(29)17-13-23(17)7-9-25-10-8-23/h3-6,11-12,17,25H,7-10,13H2,1-2H3,(H,27,29). The number of nitrogens with zero attached hydrogens (tertiary/aromatic N) is 2. The summed E-state index contributed by atoms with van der Waals surface area (Å²) >= 11 is 0. The molecular weight excluding hydrogens is 367 g/mol. The molecule has 3 aromatic rings. The summed E-state index contributed by atoms with van der Waals surface area (Å²) in [6, 6.07) is 10.6. The maximum atomic E-state index is 13.6. The minimum atomic E-state index is -0.296. The second-order valence-corrected chi connectivity index (χ2v) is 8.52. The number of fused-ring (bicyclic) bond motifs is 1. The maximum Gasteiger partial charge on any atom is 0.228 e. The van der Waals surface area contributed by atoms with Gasteiger partial charge in [0, 0.05) is 30.3 Å². The number of halogens is 1. The number of piperidine rings is 1. The van der Waals surface area contributed by atoms with Crippen LogP contribution in [-0.4, -0.2) is 28.5 Å². The number of benzene rings is 2. The Morgan fingerprint density at radius 2 is 2.03 bits per heavy atom. The lowest BCUT2D eigenvalue weighted by molar-refractivity contribution is -0.118. The topological polar surface area (TPSA) is 59.0 Å². The third kappa shape index (κ3) is 3.12. The molecule has 1 aliphatic carbocycles. The fourth-order valence-corrected chi connectivity index (χ4v) is 4.74. The van der Waals surface area contributed by atoms with Gasteiger partial charge in [-0.25, -0.2) is 9.37 Å². The highest BCUT2D eigenvalue weighted by molar-refractivity contribution is 5.96. The van der Waals surface area contributed by atoms with Gasteiger partial charge in [0.1, 0.15) is 11.6 Å². The van der Waals surface area contributed by atoms with E-state index in [1.54, 1.807) is 6.07 Å². The summed E-state index contributed by atoms with van der Waals surface area (Å²) in [5, 5.41) is 6.54. The quantitative estimate of drug-likeness (QED) is 0.708. The first-order chi connectivity index (χ1) is 14.0. The molecule has 1 saturated heterocycles. The highest BCUT2D eigenvalue weighted by atomic mass is 19.1. The molecule has 2 N–H and O–H groups in total. The van der Waals surface area contributed by atoms with Crippen molar-refractivity contribution in [3.63, 3.8) is 0 Å². The van der Waals surface area contributed by atoms with Crippen LogP contribution in [0.1, 0.15) is 24.8 Å². The average Bonchev–Trinajstić information content (AvgIpc) is 3.30. The number of hydrogen-bond donors (Lipinski definition) is 2. The Balaban J connectivity index is 1.42. The second-order valence-electron chi connectivity index (χ2n) is 8.52. The van der Waals surface area contributed by atoms with E-state index >= 15 is 0 Å². The van der Waals surface area contributed by atoms with Crippen LogP contribution < -0.4 is 10.6 Å². The van der Waals surface area contributed by atoms with Gasteiger partial charge >= 0.3 is 0 Å². The van der Waals surface area contributed by atoms with Crippen LogP contribution in [0.3, 0.4) is 0 Å². The van der Waals surface area contributed by atoms with Crippen LogP contribution in [0.15, 0.2) is 36.4 Å². The number of nitrogens with one attached hydrogen (secondary N) is 2. The van der Waals surface area contributed by atoms with E-state index in [9.17, 15) is 9.18 Å². The highest BCUT2D eigenvalue weighted by Gasteiger charge is 2.57. The number of anilines is 1. The molecule has 5 nitrogen and oxygen atoms in total. The molecule has 150 valence electrons. The molecule has 0 radical (unpaired) electrons. The average molecular weight is 392 g/mol. The van der Waals surface area contributed by atoms with Crippen molar-refractivity contribution in [3.8, 4) is 11.4 Å². The van der Waals surface area contributed by atoms with Crippen molar-refractivity contribution in [2.75, 3.05) is 18.4 Å². The third-order valence-corrected chi connectivity index (χ3v) is 6.70. The lowest BCUT2D eigenvalue weighted by Gasteiger charge is -2.23. The molecule has 2 aliphatic rings. The van der Waals surface area contributed by atoms with Gasteiger partial charge in [-0.3, -0.25) is 4.79 Å². The largest absolute Gasteiger partial charge is 0.327 e. The molecule has 1 saturated carbocycles. The molecule has 1 spiro atoms. The molecule has 1 atom stereocenters. The normalized spacial score (nSPS) is 20.2. The molecular formula is C23H25FN4O. The number of amides is 1. The van der Waals surface area contributed by atoms with E-state index in [2.05, 4.69) is 15.6 Å². The predicted molar refractivity (Wildman–Crippen MR) is 112 cm³/mol. The first-order valence-corrected chi connectivity index (χ1v) is 10.2. The Hall–Kier alpha value is -2.73. The number of carbonyl (C=O) groups is 1. The monoisotopic (exact) mass is 392 g/mol. The van der Waals surface area contributed by atoms with E-state index in [-0.39, 0.29) is 23.1 Å². The molecule has 1 aromatic heterocycles. The van der Waals surface area contributed by atoms with E-state index in [0.717, 1.165) is 60.5 Å². The number of aromatic nitrogens is 2. The van der Waals surface area contributed by atoms with Gasteiger partial charge in [0.25, 0.3) is 0 Å². The van der Waals surface area contributed by atoms with Gasteiger partial charge in [0.2, 0.25) is 5.91 Å². The molecule has 2 heterocycles. The number of imidazole rings is 1. The Kier molecular flexibility index (Phi) is 4.21. The zero-order valence-electron chi connectivity index (χ0n) is 16.8. The minimum absolute atomic E-state index is 0.117. The van der Waals surface area contributed by atoms with Crippen LogP contribution in [0.25, 0.3) is 22.4 Å². The molecule has 5 rings (SSSR count). The van der Waals surface area contributed by atoms with Crippen LogP contribution >= 0.6 is 0 Å². The summed E-state index contributed by atoms with van der Waals surface area (Å²) in [6.45, 7) is 4.01. The Morgan fingerprint density at radius 1 is 1.24 bits per heavy atom. The van der Waals surface area contributed by atoms with Crippen LogP contribution in [0, 0.1) is 24.1 Å². The molecule has 6 heteroatoms. The van der Waals surface area contributed by atoms with Gasteiger partial charge in [-0.15, -0.1) is 0 Å². The van der Waals surface area contributed by atoms with Gasteiger partial charge in [0.05, 0.1) is 11.0 Å². The van der Waals surface area contributed by atoms with Gasteiger partial charge < -0.3 is 15.2 Å². The maximum absolute atomic E-state index is 13.6. The second kappa shape index (κ2) is 6.66. The van der Waals surface area contributed by atoms with Crippen LogP contribution in [0.2, 0.25) is 0 Å². The van der Waals surface area contributed by atoms with Crippen molar-refractivity contribution in [2.45, 2.75) is 26.2 Å². The molecule has 0 bridgehead atoms. The van der Waals surface area contributed by atoms with Crippen molar-refractivity contribution < 1.29 is 9.18 Å². The number of hydrogen-bond acceptors (Lipinski definition) is 3. The smallest absolute Gasteiger partial charge is 0.228 e. The fourth-order valence-electron chi connectivity index (χ4n) is 4.74.